The highest BCUT2D eigenvalue weighted by Crippen LogP contribution is 2.14. The minimum Gasteiger partial charge on any atom is -0.361 e. The standard InChI is InChI=1S/C17H22N4O/c1-13-15(14(2)22-19-13)8-9-20(3)10-11-21-12-18-16-6-4-5-7-17(16)21/h4-7,12H,8-11H2,1-3H3. The van der Waals surface area contributed by atoms with Crippen molar-refractivity contribution < 1.29 is 4.52 Å². The maximum Gasteiger partial charge on any atom is 0.137 e. The van der Waals surface area contributed by atoms with Crippen LogP contribution in [-0.4, -0.2) is 39.7 Å². The summed E-state index contributed by atoms with van der Waals surface area (Å²) in [5.41, 5.74) is 4.49. The number of imidazole rings is 1. The molecule has 0 radical (unpaired) electrons. The minimum absolute atomic E-state index is 0.937. The van der Waals surface area contributed by atoms with Crippen LogP contribution in [0.1, 0.15) is 17.0 Å². The highest BCUT2D eigenvalue weighted by molar-refractivity contribution is 5.74. The second-order valence-electron chi connectivity index (χ2n) is 5.78. The molecule has 0 aliphatic rings. The number of para-hydroxylation sites is 2. The molecule has 5 heteroatoms. The largest absolute Gasteiger partial charge is 0.361 e. The van der Waals surface area contributed by atoms with Gasteiger partial charge in [-0.15, -0.1) is 0 Å². The van der Waals surface area contributed by atoms with Crippen molar-refractivity contribution in [1.29, 1.82) is 0 Å². The predicted molar refractivity (Wildman–Crippen MR) is 86.9 cm³/mol. The lowest BCUT2D eigenvalue weighted by molar-refractivity contribution is 0.323. The van der Waals surface area contributed by atoms with Crippen molar-refractivity contribution in [3.8, 4) is 0 Å². The van der Waals surface area contributed by atoms with Crippen LogP contribution in [0, 0.1) is 13.8 Å². The first kappa shape index (κ1) is 14.8. The first-order chi connectivity index (χ1) is 10.6. The molecule has 0 unspecified atom stereocenters. The molecule has 1 aromatic carbocycles. The van der Waals surface area contributed by atoms with Crippen LogP contribution in [0.2, 0.25) is 0 Å². The van der Waals surface area contributed by atoms with E-state index in [0.29, 0.717) is 0 Å². The molecule has 0 aliphatic heterocycles. The average Bonchev–Trinajstić information content (AvgIpc) is 3.07. The fourth-order valence-corrected chi connectivity index (χ4v) is 2.74. The van der Waals surface area contributed by atoms with Crippen molar-refractivity contribution in [2.24, 2.45) is 0 Å². The van der Waals surface area contributed by atoms with Crippen molar-refractivity contribution in [2.75, 3.05) is 20.1 Å². The van der Waals surface area contributed by atoms with Crippen LogP contribution in [0.15, 0.2) is 35.1 Å². The minimum atomic E-state index is 0.937. The van der Waals surface area contributed by atoms with Crippen molar-refractivity contribution in [3.05, 3.63) is 47.6 Å². The third-order valence-electron chi connectivity index (χ3n) is 4.17. The Hall–Kier alpha value is -2.14. The van der Waals surface area contributed by atoms with Crippen LogP contribution in [-0.2, 0) is 13.0 Å². The Kier molecular flexibility index (Phi) is 4.24. The summed E-state index contributed by atoms with van der Waals surface area (Å²) < 4.78 is 7.42. The number of aromatic nitrogens is 3. The molecule has 3 aromatic rings. The van der Waals surface area contributed by atoms with E-state index < -0.39 is 0 Å². The summed E-state index contributed by atoms with van der Waals surface area (Å²) in [6, 6.07) is 8.25. The molecular formula is C17H22N4O. The maximum atomic E-state index is 5.21. The van der Waals surface area contributed by atoms with Crippen molar-refractivity contribution >= 4 is 11.0 Å². The summed E-state index contributed by atoms with van der Waals surface area (Å²) in [5.74, 6) is 0.937. The molecule has 0 amide bonds. The van der Waals surface area contributed by atoms with Crippen LogP contribution in [0.5, 0.6) is 0 Å². The normalized spacial score (nSPS) is 11.6. The fraction of sp³-hybridized carbons (Fsp3) is 0.412. The van der Waals surface area contributed by atoms with E-state index in [-0.39, 0.29) is 0 Å². The molecular weight excluding hydrogens is 276 g/mol. The molecule has 116 valence electrons. The highest BCUT2D eigenvalue weighted by atomic mass is 16.5. The summed E-state index contributed by atoms with van der Waals surface area (Å²) in [6.45, 7) is 6.91. The van der Waals surface area contributed by atoms with Crippen LogP contribution in [0.25, 0.3) is 11.0 Å². The quantitative estimate of drug-likeness (QED) is 0.702. The lowest BCUT2D eigenvalue weighted by atomic mass is 10.1. The van der Waals surface area contributed by atoms with E-state index in [2.05, 4.69) is 38.8 Å². The van der Waals surface area contributed by atoms with Gasteiger partial charge in [-0.1, -0.05) is 17.3 Å². The summed E-state index contributed by atoms with van der Waals surface area (Å²) in [5, 5.41) is 4.01. The second-order valence-corrected chi connectivity index (χ2v) is 5.78. The lowest BCUT2D eigenvalue weighted by Gasteiger charge is -2.17. The summed E-state index contributed by atoms with van der Waals surface area (Å²) in [4.78, 5) is 6.76. The zero-order chi connectivity index (χ0) is 15.5. The summed E-state index contributed by atoms with van der Waals surface area (Å²) in [6.07, 6.45) is 2.90. The smallest absolute Gasteiger partial charge is 0.137 e. The van der Waals surface area contributed by atoms with Gasteiger partial charge in [0.05, 0.1) is 23.1 Å². The van der Waals surface area contributed by atoms with Gasteiger partial charge in [0.25, 0.3) is 0 Å². The molecule has 0 saturated carbocycles. The van der Waals surface area contributed by atoms with E-state index >= 15 is 0 Å². The summed E-state index contributed by atoms with van der Waals surface area (Å²) in [7, 11) is 2.15. The lowest BCUT2D eigenvalue weighted by Crippen LogP contribution is -2.25. The van der Waals surface area contributed by atoms with E-state index in [9.17, 15) is 0 Å². The van der Waals surface area contributed by atoms with Gasteiger partial charge in [-0.3, -0.25) is 0 Å². The number of nitrogens with zero attached hydrogens (tertiary/aromatic N) is 4. The van der Waals surface area contributed by atoms with Crippen LogP contribution < -0.4 is 0 Å². The second kappa shape index (κ2) is 6.32. The molecule has 0 spiro atoms. The first-order valence-corrected chi connectivity index (χ1v) is 7.65. The van der Waals surface area contributed by atoms with Gasteiger partial charge < -0.3 is 14.0 Å². The van der Waals surface area contributed by atoms with E-state index in [0.717, 1.165) is 43.0 Å². The van der Waals surface area contributed by atoms with Crippen molar-refractivity contribution in [3.63, 3.8) is 0 Å². The SMILES string of the molecule is Cc1noc(C)c1CCN(C)CCn1cnc2ccccc21. The summed E-state index contributed by atoms with van der Waals surface area (Å²) >= 11 is 0. The Morgan fingerprint density at radius 2 is 2.00 bits per heavy atom. The number of hydrogen-bond donors (Lipinski definition) is 0. The van der Waals surface area contributed by atoms with Crippen molar-refractivity contribution in [2.45, 2.75) is 26.8 Å². The van der Waals surface area contributed by atoms with Gasteiger partial charge in [0.2, 0.25) is 0 Å². The van der Waals surface area contributed by atoms with Crippen LogP contribution >= 0.6 is 0 Å². The maximum absolute atomic E-state index is 5.21. The third-order valence-corrected chi connectivity index (χ3v) is 4.17. The number of aryl methyl sites for hydroxylation is 2. The van der Waals surface area contributed by atoms with Crippen LogP contribution in [0.3, 0.4) is 0 Å². The zero-order valence-corrected chi connectivity index (χ0v) is 13.4. The molecule has 3 rings (SSSR count). The number of hydrogen-bond acceptors (Lipinski definition) is 4. The molecule has 5 nitrogen and oxygen atoms in total. The van der Waals surface area contributed by atoms with Gasteiger partial charge in [0, 0.05) is 25.2 Å². The zero-order valence-electron chi connectivity index (χ0n) is 13.4. The Morgan fingerprint density at radius 3 is 2.77 bits per heavy atom. The topological polar surface area (TPSA) is 47.1 Å². The predicted octanol–water partition coefficient (Wildman–Crippen LogP) is 2.82. The van der Waals surface area contributed by atoms with Crippen LogP contribution in [0.4, 0.5) is 0 Å². The molecule has 0 saturated heterocycles. The number of rotatable bonds is 6. The Balaban J connectivity index is 1.55. The molecule has 0 aliphatic carbocycles. The molecule has 22 heavy (non-hydrogen) atoms. The van der Waals surface area contributed by atoms with E-state index in [1.807, 2.05) is 32.3 Å². The van der Waals surface area contributed by atoms with Gasteiger partial charge in [-0.2, -0.15) is 0 Å². The van der Waals surface area contributed by atoms with Gasteiger partial charge in [-0.25, -0.2) is 4.98 Å². The number of likely N-dealkylation sites (N-methyl/N-ethyl adjacent to an activating group) is 1. The molecule has 2 heterocycles. The molecule has 0 N–H and O–H groups in total. The van der Waals surface area contributed by atoms with E-state index in [1.165, 1.54) is 11.1 Å². The fourth-order valence-electron chi connectivity index (χ4n) is 2.74. The van der Waals surface area contributed by atoms with Gasteiger partial charge in [0.15, 0.2) is 0 Å². The first-order valence-electron chi connectivity index (χ1n) is 7.65. The molecule has 0 atom stereocenters. The van der Waals surface area contributed by atoms with Gasteiger partial charge >= 0.3 is 0 Å². The molecule has 2 aromatic heterocycles. The molecule has 0 bridgehead atoms. The van der Waals surface area contributed by atoms with Crippen molar-refractivity contribution in [1.82, 2.24) is 19.6 Å². The van der Waals surface area contributed by atoms with E-state index in [4.69, 9.17) is 4.52 Å². The van der Waals surface area contributed by atoms with Gasteiger partial charge in [0.1, 0.15) is 5.76 Å². The van der Waals surface area contributed by atoms with E-state index in [1.54, 1.807) is 0 Å². The third kappa shape index (κ3) is 3.04. The van der Waals surface area contributed by atoms with Gasteiger partial charge in [-0.05, 0) is 39.4 Å². The average molecular weight is 298 g/mol. The molecule has 0 fully saturated rings. The Labute approximate surface area is 130 Å². The highest BCUT2D eigenvalue weighted by Gasteiger charge is 2.10. The monoisotopic (exact) mass is 298 g/mol. The Bertz CT molecular complexity index is 739. The Morgan fingerprint density at radius 1 is 1.18 bits per heavy atom. The number of fused-ring (bicyclic) bond motifs is 1. The number of benzene rings is 1.